The highest BCUT2D eigenvalue weighted by Gasteiger charge is 2.33. The Bertz CT molecular complexity index is 1660. The molecule has 2 aromatic rings. The standard InChI is InChI=1S/C43H67BN6O8/c1-5-6-7-8-9-10-11-12-13-14-15-19-39(53)48-35(18-16-17-24-45)30(3)50(4)40-32-21-23-38(52)34(27-32)33-25-31(20-22-37(33)51)26-36(42(55)46-28-44(57)58)49-41(54)29(2)47-43(40)56/h20-23,25,27,29,35-36,40,51-52,57-58H,3,5-19,24,26,28,45H2,1-2,4H3,(H,46,55)(H,47,56)(H,48,53)(H,49,54)/t29-,35-,36-,40-/m0/s1. The van der Waals surface area contributed by atoms with Crippen molar-refractivity contribution >= 4 is 30.7 Å². The van der Waals surface area contributed by atoms with Crippen molar-refractivity contribution in [3.05, 3.63) is 59.8 Å². The van der Waals surface area contributed by atoms with Crippen LogP contribution in [0.2, 0.25) is 0 Å². The molecule has 3 rings (SSSR count). The summed E-state index contributed by atoms with van der Waals surface area (Å²) in [7, 11) is -0.147. The molecule has 14 nitrogen and oxygen atoms in total. The molecular formula is C43H67BN6O8. The van der Waals surface area contributed by atoms with Crippen molar-refractivity contribution in [1.29, 1.82) is 0 Å². The van der Waals surface area contributed by atoms with Gasteiger partial charge in [0.2, 0.25) is 23.6 Å². The minimum Gasteiger partial charge on any atom is -0.507 e. The van der Waals surface area contributed by atoms with Crippen LogP contribution in [-0.2, 0) is 25.6 Å². The largest absolute Gasteiger partial charge is 0.507 e. The average Bonchev–Trinajstić information content (AvgIpc) is 3.19. The van der Waals surface area contributed by atoms with E-state index in [0.29, 0.717) is 42.6 Å². The van der Waals surface area contributed by atoms with Gasteiger partial charge in [-0.3, -0.25) is 19.2 Å². The molecule has 10 N–H and O–H groups in total. The first-order valence-corrected chi connectivity index (χ1v) is 21.1. The minimum atomic E-state index is -1.82. The van der Waals surface area contributed by atoms with Crippen LogP contribution in [0.25, 0.3) is 11.1 Å². The zero-order chi connectivity index (χ0) is 42.6. The van der Waals surface area contributed by atoms with Crippen molar-refractivity contribution in [2.75, 3.05) is 20.0 Å². The highest BCUT2D eigenvalue weighted by Crippen LogP contribution is 2.39. The number of nitrogens with zero attached hydrogens (tertiary/aromatic N) is 1. The number of unbranched alkanes of at least 4 members (excludes halogenated alkanes) is 11. The van der Waals surface area contributed by atoms with Gasteiger partial charge in [-0.05, 0) is 74.5 Å². The molecule has 1 aliphatic rings. The molecule has 0 unspecified atom stereocenters. The first kappa shape index (κ1) is 47.8. The predicted octanol–water partition coefficient (Wildman–Crippen LogP) is 4.24. The summed E-state index contributed by atoms with van der Waals surface area (Å²) in [4.78, 5) is 56.0. The number of fused-ring (bicyclic) bond motifs is 5. The summed E-state index contributed by atoms with van der Waals surface area (Å²) >= 11 is 0. The Morgan fingerprint density at radius 1 is 0.879 bits per heavy atom. The third-order valence-electron chi connectivity index (χ3n) is 10.8. The maximum Gasteiger partial charge on any atom is 0.472 e. The lowest BCUT2D eigenvalue weighted by Crippen LogP contribution is -2.55. The van der Waals surface area contributed by atoms with Crippen LogP contribution >= 0.6 is 0 Å². The molecule has 0 spiro atoms. The fourth-order valence-electron chi connectivity index (χ4n) is 7.27. The van der Waals surface area contributed by atoms with E-state index in [1.165, 1.54) is 64.0 Å². The molecule has 2 aromatic carbocycles. The molecule has 4 bridgehead atoms. The number of carbonyl (C=O) groups excluding carboxylic acids is 4. The molecule has 0 aliphatic carbocycles. The molecule has 0 aromatic heterocycles. The fraction of sp³-hybridized carbons (Fsp3) is 0.581. The van der Waals surface area contributed by atoms with Gasteiger partial charge >= 0.3 is 7.12 Å². The Morgan fingerprint density at radius 3 is 2.10 bits per heavy atom. The first-order valence-electron chi connectivity index (χ1n) is 21.1. The molecular weight excluding hydrogens is 739 g/mol. The van der Waals surface area contributed by atoms with E-state index in [1.54, 1.807) is 36.2 Å². The van der Waals surface area contributed by atoms with Crippen molar-refractivity contribution in [1.82, 2.24) is 26.2 Å². The zero-order valence-electron chi connectivity index (χ0n) is 34.7. The minimum absolute atomic E-state index is 0.0603. The average molecular weight is 807 g/mol. The number of amides is 4. The summed E-state index contributed by atoms with van der Waals surface area (Å²) < 4.78 is 0. The van der Waals surface area contributed by atoms with E-state index in [2.05, 4.69) is 34.8 Å². The van der Waals surface area contributed by atoms with E-state index in [-0.39, 0.29) is 35.0 Å². The molecule has 1 aliphatic heterocycles. The third-order valence-corrected chi connectivity index (χ3v) is 10.8. The van der Waals surface area contributed by atoms with E-state index in [4.69, 9.17) is 5.73 Å². The molecule has 15 heteroatoms. The number of rotatable bonds is 23. The van der Waals surface area contributed by atoms with Crippen LogP contribution in [0, 0.1) is 0 Å². The van der Waals surface area contributed by atoms with Crippen LogP contribution in [0.5, 0.6) is 11.5 Å². The van der Waals surface area contributed by atoms with E-state index in [9.17, 15) is 39.4 Å². The summed E-state index contributed by atoms with van der Waals surface area (Å²) in [5, 5.41) is 51.6. The van der Waals surface area contributed by atoms with Crippen LogP contribution in [0.1, 0.15) is 127 Å². The number of nitrogens with one attached hydrogen (secondary N) is 4. The molecule has 0 fully saturated rings. The second kappa shape index (κ2) is 25.0. The zero-order valence-corrected chi connectivity index (χ0v) is 34.7. The van der Waals surface area contributed by atoms with Gasteiger partial charge in [0.05, 0.1) is 12.5 Å². The van der Waals surface area contributed by atoms with Crippen LogP contribution in [0.3, 0.4) is 0 Å². The second-order valence-electron chi connectivity index (χ2n) is 15.5. The summed E-state index contributed by atoms with van der Waals surface area (Å²) in [5.74, 6) is -2.44. The number of phenolic OH excluding ortho intramolecular Hbond substituents is 2. The van der Waals surface area contributed by atoms with Gasteiger partial charge in [-0.1, -0.05) is 89.8 Å². The summed E-state index contributed by atoms with van der Waals surface area (Å²) in [6.07, 6.45) is 14.7. The van der Waals surface area contributed by atoms with Crippen LogP contribution in [-0.4, -0.2) is 94.1 Å². The van der Waals surface area contributed by atoms with Gasteiger partial charge in [-0.15, -0.1) is 0 Å². The van der Waals surface area contributed by atoms with Crippen molar-refractivity contribution in [3.63, 3.8) is 0 Å². The Morgan fingerprint density at radius 2 is 1.48 bits per heavy atom. The van der Waals surface area contributed by atoms with E-state index in [1.807, 2.05) is 0 Å². The van der Waals surface area contributed by atoms with E-state index in [0.717, 1.165) is 32.1 Å². The van der Waals surface area contributed by atoms with Gasteiger partial charge in [0.1, 0.15) is 29.6 Å². The number of likely N-dealkylation sites (N-methyl/N-ethyl adjacent to an activating group) is 1. The van der Waals surface area contributed by atoms with Crippen molar-refractivity contribution < 1.29 is 39.4 Å². The van der Waals surface area contributed by atoms with Crippen molar-refractivity contribution in [2.24, 2.45) is 5.73 Å². The number of carbonyl (C=O) groups is 4. The van der Waals surface area contributed by atoms with Gasteiger partial charge in [-0.2, -0.15) is 0 Å². The maximum absolute atomic E-state index is 14.3. The molecule has 320 valence electrons. The van der Waals surface area contributed by atoms with Crippen molar-refractivity contribution in [2.45, 2.75) is 141 Å². The Balaban J connectivity index is 1.87. The van der Waals surface area contributed by atoms with Gasteiger partial charge in [-0.25, -0.2) is 0 Å². The van der Waals surface area contributed by atoms with Crippen LogP contribution < -0.4 is 27.0 Å². The maximum atomic E-state index is 14.3. The van der Waals surface area contributed by atoms with Gasteiger partial charge in [0.15, 0.2) is 0 Å². The monoisotopic (exact) mass is 807 g/mol. The number of phenols is 2. The number of benzene rings is 2. The lowest BCUT2D eigenvalue weighted by molar-refractivity contribution is -0.133. The van der Waals surface area contributed by atoms with Crippen molar-refractivity contribution in [3.8, 4) is 22.6 Å². The topological polar surface area (TPSA) is 227 Å². The summed E-state index contributed by atoms with van der Waals surface area (Å²) in [6.45, 7) is 8.53. The lowest BCUT2D eigenvalue weighted by atomic mass is 9.91. The Labute approximate surface area is 344 Å². The van der Waals surface area contributed by atoms with Gasteiger partial charge in [0.25, 0.3) is 0 Å². The normalized spacial score (nSPS) is 17.3. The smallest absolute Gasteiger partial charge is 0.472 e. The second-order valence-corrected chi connectivity index (χ2v) is 15.5. The summed E-state index contributed by atoms with van der Waals surface area (Å²) in [6, 6.07) is 5.14. The van der Waals surface area contributed by atoms with Crippen LogP contribution in [0.15, 0.2) is 48.7 Å². The molecule has 0 radical (unpaired) electrons. The molecule has 1 heterocycles. The molecule has 4 atom stereocenters. The number of nitrogens with two attached hydrogens (primary N) is 1. The van der Waals surface area contributed by atoms with Gasteiger partial charge < -0.3 is 52.2 Å². The molecule has 0 saturated heterocycles. The SMILES string of the molecule is C=C([C@H](CCCCN)NC(=O)CCCCCCCCCCCCC)N(C)[C@@H]1C(=O)N[C@@H](C)C(=O)N[C@H](C(=O)NCB(O)O)Cc2ccc(O)c(c2)-c2cc1ccc2O. The van der Waals surface area contributed by atoms with Crippen LogP contribution in [0.4, 0.5) is 0 Å². The van der Waals surface area contributed by atoms with E-state index >= 15 is 0 Å². The summed E-state index contributed by atoms with van der Waals surface area (Å²) in [5.41, 5.74) is 7.62. The number of aromatic hydroxyl groups is 2. The molecule has 4 amide bonds. The van der Waals surface area contributed by atoms with E-state index < -0.39 is 55.5 Å². The number of hydrogen-bond donors (Lipinski definition) is 9. The predicted molar refractivity (Wildman–Crippen MR) is 227 cm³/mol. The fourth-order valence-corrected chi connectivity index (χ4v) is 7.27. The highest BCUT2D eigenvalue weighted by molar-refractivity contribution is 6.41. The lowest BCUT2D eigenvalue weighted by Gasteiger charge is -2.36. The first-order chi connectivity index (χ1) is 27.8. The number of hydrogen-bond acceptors (Lipinski definition) is 10. The van der Waals surface area contributed by atoms with Gasteiger partial charge in [0, 0.05) is 36.7 Å². The quantitative estimate of drug-likeness (QED) is 0.0574. The Hall–Kier alpha value is -4.60. The third kappa shape index (κ3) is 15.3. The highest BCUT2D eigenvalue weighted by atomic mass is 16.4. The molecule has 58 heavy (non-hydrogen) atoms. The Kier molecular flexibility index (Phi) is 20.6. The molecule has 0 saturated carbocycles.